The van der Waals surface area contributed by atoms with Crippen molar-refractivity contribution in [1.82, 2.24) is 25.3 Å². The van der Waals surface area contributed by atoms with Crippen LogP contribution in [-0.2, 0) is 6.42 Å². The molecule has 0 aliphatic rings. The molecule has 0 aromatic carbocycles. The molecule has 0 radical (unpaired) electrons. The number of amides is 1. The fourth-order valence-corrected chi connectivity index (χ4v) is 2.28. The van der Waals surface area contributed by atoms with Crippen LogP contribution in [0, 0.1) is 13.8 Å². The van der Waals surface area contributed by atoms with Crippen LogP contribution < -0.4 is 10.6 Å². The predicted molar refractivity (Wildman–Crippen MR) is 95.9 cm³/mol. The lowest BCUT2D eigenvalue weighted by molar-refractivity contribution is 0.0950. The molecule has 26 heavy (non-hydrogen) atoms. The summed E-state index contributed by atoms with van der Waals surface area (Å²) in [6.45, 7) is 4.18. The van der Waals surface area contributed by atoms with Crippen LogP contribution in [0.4, 0.5) is 5.95 Å². The maximum Gasteiger partial charge on any atom is 0.293 e. The number of aryl methyl sites for hydroxylation is 2. The second-order valence-electron chi connectivity index (χ2n) is 5.59. The molecule has 0 saturated carbocycles. The molecule has 134 valence electrons. The number of hydrogen-bond acceptors (Lipinski definition) is 6. The van der Waals surface area contributed by atoms with Gasteiger partial charge in [-0.2, -0.15) is 0 Å². The highest BCUT2D eigenvalue weighted by Crippen LogP contribution is 2.05. The van der Waals surface area contributed by atoms with Gasteiger partial charge in [-0.15, -0.1) is 0 Å². The Balaban J connectivity index is 1.74. The van der Waals surface area contributed by atoms with Crippen LogP contribution in [0.25, 0.3) is 0 Å². The maximum absolute atomic E-state index is 12.2. The monoisotopic (exact) mass is 353 g/mol. The van der Waals surface area contributed by atoms with E-state index >= 15 is 0 Å². The van der Waals surface area contributed by atoms with Gasteiger partial charge in [-0.05, 0) is 32.0 Å². The number of guanidine groups is 1. The third-order valence-electron chi connectivity index (χ3n) is 3.40. The van der Waals surface area contributed by atoms with Crippen molar-refractivity contribution in [2.24, 2.45) is 4.99 Å². The topological polar surface area (TPSA) is 121 Å². The molecule has 0 aliphatic carbocycles. The van der Waals surface area contributed by atoms with Crippen molar-refractivity contribution in [2.75, 3.05) is 11.9 Å². The number of nitrogens with zero attached hydrogens (tertiary/aromatic N) is 4. The molecular weight excluding hydrogens is 334 g/mol. The van der Waals surface area contributed by atoms with Gasteiger partial charge < -0.3 is 9.40 Å². The molecule has 0 spiro atoms. The zero-order valence-corrected chi connectivity index (χ0v) is 14.5. The number of carbonyl (C=O) groups is 1. The van der Waals surface area contributed by atoms with Crippen LogP contribution in [0.15, 0.2) is 46.4 Å². The average molecular weight is 353 g/mol. The second-order valence-corrected chi connectivity index (χ2v) is 5.59. The number of aromatic amines is 1. The first-order chi connectivity index (χ1) is 12.6. The van der Waals surface area contributed by atoms with Gasteiger partial charge in [-0.25, -0.2) is 15.0 Å². The van der Waals surface area contributed by atoms with E-state index in [2.05, 4.69) is 35.6 Å². The summed E-state index contributed by atoms with van der Waals surface area (Å²) in [5.74, 6) is 0.389. The van der Waals surface area contributed by atoms with E-state index < -0.39 is 5.91 Å². The van der Waals surface area contributed by atoms with Gasteiger partial charge in [-0.3, -0.25) is 20.4 Å². The summed E-state index contributed by atoms with van der Waals surface area (Å²) in [7, 11) is 0. The molecule has 3 N–H and O–H groups in total. The zero-order valence-electron chi connectivity index (χ0n) is 14.5. The van der Waals surface area contributed by atoms with Crippen molar-refractivity contribution in [3.05, 3.63) is 59.8 Å². The molecule has 0 bridgehead atoms. The third kappa shape index (κ3) is 4.76. The lowest BCUT2D eigenvalue weighted by Crippen LogP contribution is -2.36. The molecule has 0 atom stereocenters. The summed E-state index contributed by atoms with van der Waals surface area (Å²) in [6, 6.07) is 5.08. The number of carbonyl (C=O) groups excluding carboxylic acids is 1. The Morgan fingerprint density at radius 1 is 1.31 bits per heavy atom. The van der Waals surface area contributed by atoms with Crippen LogP contribution >= 0.6 is 0 Å². The lowest BCUT2D eigenvalue weighted by atomic mass is 10.3. The molecule has 0 aliphatic heterocycles. The van der Waals surface area contributed by atoms with E-state index in [0.717, 1.165) is 17.1 Å². The van der Waals surface area contributed by atoms with Crippen molar-refractivity contribution in [2.45, 2.75) is 20.3 Å². The standard InChI is InChI=1S/C17H19N7O2/c1-11-8-12(2)22-17(21-11)24-16(19-6-5-13-9-18-10-20-13)23-15(25)14-4-3-7-26-14/h3-4,7-10H,5-6H2,1-2H3,(H,18,20)(H2,19,21,22,23,24,25). The predicted octanol–water partition coefficient (Wildman–Crippen LogP) is 1.85. The normalized spacial score (nSPS) is 11.4. The summed E-state index contributed by atoms with van der Waals surface area (Å²) in [5, 5.41) is 5.65. The second kappa shape index (κ2) is 8.06. The highest BCUT2D eigenvalue weighted by molar-refractivity contribution is 6.08. The van der Waals surface area contributed by atoms with E-state index in [1.807, 2.05) is 19.9 Å². The van der Waals surface area contributed by atoms with Gasteiger partial charge in [0.15, 0.2) is 5.76 Å². The van der Waals surface area contributed by atoms with Crippen LogP contribution in [0.1, 0.15) is 27.6 Å². The Hall–Kier alpha value is -3.49. The first-order valence-electron chi connectivity index (χ1n) is 8.06. The van der Waals surface area contributed by atoms with Crippen molar-refractivity contribution >= 4 is 17.8 Å². The number of H-pyrrole nitrogens is 1. The average Bonchev–Trinajstić information content (AvgIpc) is 3.27. The van der Waals surface area contributed by atoms with Crippen LogP contribution in [0.5, 0.6) is 0 Å². The van der Waals surface area contributed by atoms with E-state index in [4.69, 9.17) is 4.42 Å². The number of aromatic nitrogens is 4. The molecule has 9 heteroatoms. The molecule has 3 rings (SSSR count). The lowest BCUT2D eigenvalue weighted by Gasteiger charge is -2.10. The van der Waals surface area contributed by atoms with Gasteiger partial charge in [0.2, 0.25) is 11.9 Å². The van der Waals surface area contributed by atoms with Gasteiger partial charge in [0.1, 0.15) is 0 Å². The Labute approximate surface area is 150 Å². The smallest absolute Gasteiger partial charge is 0.293 e. The number of aliphatic imine (C=N–C) groups is 1. The van der Waals surface area contributed by atoms with Gasteiger partial charge in [-0.1, -0.05) is 0 Å². The summed E-state index contributed by atoms with van der Waals surface area (Å²) in [4.78, 5) is 32.3. The Bertz CT molecular complexity index is 866. The van der Waals surface area contributed by atoms with E-state index in [0.29, 0.717) is 18.9 Å². The largest absolute Gasteiger partial charge is 0.459 e. The minimum Gasteiger partial charge on any atom is -0.459 e. The van der Waals surface area contributed by atoms with Gasteiger partial charge in [0.05, 0.1) is 12.6 Å². The molecule has 0 fully saturated rings. The minimum absolute atomic E-state index is 0.189. The first-order valence-corrected chi connectivity index (χ1v) is 8.06. The third-order valence-corrected chi connectivity index (χ3v) is 3.40. The van der Waals surface area contributed by atoms with Gasteiger partial charge in [0.25, 0.3) is 5.91 Å². The summed E-state index contributed by atoms with van der Waals surface area (Å²) in [5.41, 5.74) is 2.58. The summed E-state index contributed by atoms with van der Waals surface area (Å²) >= 11 is 0. The zero-order chi connectivity index (χ0) is 18.4. The highest BCUT2D eigenvalue weighted by Gasteiger charge is 2.13. The van der Waals surface area contributed by atoms with E-state index in [-0.39, 0.29) is 11.7 Å². The van der Waals surface area contributed by atoms with E-state index in [9.17, 15) is 4.79 Å². The molecule has 0 unspecified atom stereocenters. The van der Waals surface area contributed by atoms with Crippen molar-refractivity contribution in [3.8, 4) is 0 Å². The van der Waals surface area contributed by atoms with Crippen molar-refractivity contribution < 1.29 is 9.21 Å². The van der Waals surface area contributed by atoms with Crippen molar-refractivity contribution in [1.29, 1.82) is 0 Å². The molecule has 3 heterocycles. The Morgan fingerprint density at radius 2 is 2.12 bits per heavy atom. The van der Waals surface area contributed by atoms with Crippen molar-refractivity contribution in [3.63, 3.8) is 0 Å². The minimum atomic E-state index is -0.410. The fourth-order valence-electron chi connectivity index (χ4n) is 2.28. The Morgan fingerprint density at radius 3 is 2.77 bits per heavy atom. The number of hydrogen-bond donors (Lipinski definition) is 3. The molecule has 0 saturated heterocycles. The number of rotatable bonds is 5. The molecule has 3 aromatic heterocycles. The number of nitrogens with one attached hydrogen (secondary N) is 3. The number of anilines is 1. The van der Waals surface area contributed by atoms with Crippen LogP contribution in [0.3, 0.4) is 0 Å². The van der Waals surface area contributed by atoms with E-state index in [1.165, 1.54) is 6.26 Å². The fraction of sp³-hybridized carbons (Fsp3) is 0.235. The molecule has 1 amide bonds. The number of furan rings is 1. The molecular formula is C17H19N7O2. The highest BCUT2D eigenvalue weighted by atomic mass is 16.3. The van der Waals surface area contributed by atoms with Gasteiger partial charge in [0, 0.05) is 36.2 Å². The molecule has 9 nitrogen and oxygen atoms in total. The van der Waals surface area contributed by atoms with E-state index in [1.54, 1.807) is 24.7 Å². The van der Waals surface area contributed by atoms with Crippen LogP contribution in [-0.4, -0.2) is 38.3 Å². The molecule has 3 aromatic rings. The van der Waals surface area contributed by atoms with Crippen LogP contribution in [0.2, 0.25) is 0 Å². The Kier molecular flexibility index (Phi) is 5.37. The number of imidazole rings is 1. The SMILES string of the molecule is Cc1cc(C)nc(NC(=NCCc2cnc[nH]2)NC(=O)c2ccco2)n1. The first kappa shape index (κ1) is 17.3. The summed E-state index contributed by atoms with van der Waals surface area (Å²) in [6.07, 6.45) is 5.43. The van der Waals surface area contributed by atoms with Gasteiger partial charge >= 0.3 is 0 Å². The summed E-state index contributed by atoms with van der Waals surface area (Å²) < 4.78 is 5.11. The quantitative estimate of drug-likeness (QED) is 0.475. The maximum atomic E-state index is 12.2.